The number of carbonyl (C=O) groups is 3. The van der Waals surface area contributed by atoms with Crippen LogP contribution < -0.4 is 5.32 Å². The van der Waals surface area contributed by atoms with Gasteiger partial charge in [0, 0.05) is 11.8 Å². The first-order valence-corrected chi connectivity index (χ1v) is 6.04. The fourth-order valence-electron chi connectivity index (χ4n) is 1.63. The summed E-state index contributed by atoms with van der Waals surface area (Å²) in [5.74, 6) is -2.10. The van der Waals surface area contributed by atoms with Crippen LogP contribution in [-0.2, 0) is 22.6 Å². The molecule has 8 nitrogen and oxygen atoms in total. The van der Waals surface area contributed by atoms with Gasteiger partial charge in [-0.1, -0.05) is 23.4 Å². The van der Waals surface area contributed by atoms with Gasteiger partial charge in [-0.2, -0.15) is 0 Å². The Morgan fingerprint density at radius 3 is 2.57 bits per heavy atom. The van der Waals surface area contributed by atoms with Gasteiger partial charge in [0.1, 0.15) is 6.54 Å². The second-order valence-electron chi connectivity index (χ2n) is 4.22. The number of carboxylic acids is 1. The molecule has 8 heteroatoms. The minimum Gasteiger partial charge on any atom is -0.481 e. The molecule has 1 heterocycles. The summed E-state index contributed by atoms with van der Waals surface area (Å²) in [5, 5.41) is 18.0. The summed E-state index contributed by atoms with van der Waals surface area (Å²) in [6.45, 7) is -0.217. The molecule has 0 aliphatic carbocycles. The van der Waals surface area contributed by atoms with Crippen LogP contribution in [0.2, 0.25) is 0 Å². The summed E-state index contributed by atoms with van der Waals surface area (Å²) in [4.78, 5) is 33.9. The third-order valence-electron chi connectivity index (χ3n) is 2.51. The van der Waals surface area contributed by atoms with Crippen LogP contribution in [0, 0.1) is 0 Å². The van der Waals surface area contributed by atoms with Gasteiger partial charge in [-0.3, -0.25) is 19.7 Å². The molecule has 0 saturated carbocycles. The normalized spacial score (nSPS) is 10.1. The van der Waals surface area contributed by atoms with E-state index in [4.69, 9.17) is 5.11 Å². The number of aromatic nitrogens is 3. The number of imide groups is 1. The number of amides is 2. The van der Waals surface area contributed by atoms with Crippen molar-refractivity contribution in [3.05, 3.63) is 47.8 Å². The first-order chi connectivity index (χ1) is 10.0. The Bertz CT molecular complexity index is 666. The molecule has 21 heavy (non-hydrogen) atoms. The number of aliphatic carboxylic acids is 1. The van der Waals surface area contributed by atoms with Gasteiger partial charge in [0.15, 0.2) is 0 Å². The van der Waals surface area contributed by atoms with Gasteiger partial charge in [-0.25, -0.2) is 4.68 Å². The van der Waals surface area contributed by atoms with Crippen molar-refractivity contribution in [3.8, 4) is 0 Å². The topological polar surface area (TPSA) is 114 Å². The molecule has 1 aromatic heterocycles. The van der Waals surface area contributed by atoms with Gasteiger partial charge < -0.3 is 5.11 Å². The number of carboxylic acid groups (broad SMARTS) is 1. The van der Waals surface area contributed by atoms with E-state index in [1.165, 1.54) is 10.9 Å². The van der Waals surface area contributed by atoms with E-state index in [2.05, 4.69) is 15.6 Å². The molecule has 0 aliphatic rings. The maximum atomic E-state index is 11.7. The van der Waals surface area contributed by atoms with E-state index in [0.29, 0.717) is 5.56 Å². The summed E-state index contributed by atoms with van der Waals surface area (Å²) in [5.41, 5.74) is 0.612. The predicted octanol–water partition coefficient (Wildman–Crippen LogP) is -0.138. The number of nitrogens with zero attached hydrogens (tertiary/aromatic N) is 3. The summed E-state index contributed by atoms with van der Waals surface area (Å²) < 4.78 is 1.17. The molecule has 2 amide bonds. The number of carbonyl (C=O) groups excluding carboxylic acids is 2. The lowest BCUT2D eigenvalue weighted by Crippen LogP contribution is -2.33. The number of benzene rings is 1. The van der Waals surface area contributed by atoms with E-state index >= 15 is 0 Å². The van der Waals surface area contributed by atoms with Crippen molar-refractivity contribution in [2.45, 2.75) is 13.0 Å². The highest BCUT2D eigenvalue weighted by molar-refractivity contribution is 6.04. The van der Waals surface area contributed by atoms with Crippen LogP contribution in [0.5, 0.6) is 0 Å². The van der Waals surface area contributed by atoms with Crippen molar-refractivity contribution < 1.29 is 19.5 Å². The summed E-state index contributed by atoms with van der Waals surface area (Å²) >= 11 is 0. The van der Waals surface area contributed by atoms with Gasteiger partial charge >= 0.3 is 5.97 Å². The third-order valence-corrected chi connectivity index (χ3v) is 2.51. The van der Waals surface area contributed by atoms with E-state index in [1.807, 2.05) is 0 Å². The van der Waals surface area contributed by atoms with Crippen LogP contribution in [0.4, 0.5) is 0 Å². The highest BCUT2D eigenvalue weighted by atomic mass is 16.4. The Balaban J connectivity index is 1.91. The SMILES string of the molecule is O=C(O)Cc1cn(CC(=O)NC(=O)c2ccccc2)nn1. The molecule has 0 bridgehead atoms. The van der Waals surface area contributed by atoms with Crippen LogP contribution in [-0.4, -0.2) is 37.9 Å². The monoisotopic (exact) mass is 288 g/mol. The summed E-state index contributed by atoms with van der Waals surface area (Å²) in [7, 11) is 0. The summed E-state index contributed by atoms with van der Waals surface area (Å²) in [6.07, 6.45) is 1.07. The van der Waals surface area contributed by atoms with Crippen molar-refractivity contribution >= 4 is 17.8 Å². The minimum absolute atomic E-state index is 0.217. The van der Waals surface area contributed by atoms with Crippen LogP contribution in [0.1, 0.15) is 16.1 Å². The second-order valence-corrected chi connectivity index (χ2v) is 4.22. The molecule has 2 N–H and O–H groups in total. The quantitative estimate of drug-likeness (QED) is 0.791. The fourth-order valence-corrected chi connectivity index (χ4v) is 1.63. The fraction of sp³-hybridized carbons (Fsp3) is 0.154. The zero-order chi connectivity index (χ0) is 15.2. The molecule has 2 aromatic rings. The predicted molar refractivity (Wildman–Crippen MR) is 70.3 cm³/mol. The minimum atomic E-state index is -1.04. The molecule has 0 spiro atoms. The van der Waals surface area contributed by atoms with Gasteiger partial charge in [-0.05, 0) is 12.1 Å². The van der Waals surface area contributed by atoms with Crippen molar-refractivity contribution in [1.29, 1.82) is 0 Å². The molecule has 0 saturated heterocycles. The average molecular weight is 288 g/mol. The highest BCUT2D eigenvalue weighted by Crippen LogP contribution is 1.98. The van der Waals surface area contributed by atoms with E-state index in [-0.39, 0.29) is 18.7 Å². The highest BCUT2D eigenvalue weighted by Gasteiger charge is 2.12. The van der Waals surface area contributed by atoms with E-state index < -0.39 is 17.8 Å². The number of hydrogen-bond acceptors (Lipinski definition) is 5. The van der Waals surface area contributed by atoms with Gasteiger partial charge in [0.25, 0.3) is 5.91 Å². The summed E-state index contributed by atoms with van der Waals surface area (Å²) in [6, 6.07) is 8.31. The molecule has 1 aromatic carbocycles. The first-order valence-electron chi connectivity index (χ1n) is 6.04. The Morgan fingerprint density at radius 1 is 1.19 bits per heavy atom. The molecule has 0 atom stereocenters. The van der Waals surface area contributed by atoms with Crippen LogP contribution in [0.3, 0.4) is 0 Å². The molecule has 0 aliphatic heterocycles. The zero-order valence-electron chi connectivity index (χ0n) is 10.9. The number of rotatable bonds is 5. The van der Waals surface area contributed by atoms with E-state index in [0.717, 1.165) is 0 Å². The first kappa shape index (κ1) is 14.4. The maximum absolute atomic E-state index is 11.7. The van der Waals surface area contributed by atoms with Crippen molar-refractivity contribution in [1.82, 2.24) is 20.3 Å². The van der Waals surface area contributed by atoms with Crippen molar-refractivity contribution in [2.75, 3.05) is 0 Å². The molecular weight excluding hydrogens is 276 g/mol. The van der Waals surface area contributed by atoms with E-state index in [1.54, 1.807) is 30.3 Å². The third kappa shape index (κ3) is 4.23. The molecule has 0 fully saturated rings. The Morgan fingerprint density at radius 2 is 1.90 bits per heavy atom. The average Bonchev–Trinajstić information content (AvgIpc) is 2.85. The largest absolute Gasteiger partial charge is 0.481 e. The zero-order valence-corrected chi connectivity index (χ0v) is 10.9. The Hall–Kier alpha value is -3.03. The molecular formula is C13H12N4O4. The van der Waals surface area contributed by atoms with Crippen LogP contribution >= 0.6 is 0 Å². The second kappa shape index (κ2) is 6.42. The molecule has 108 valence electrons. The molecule has 0 unspecified atom stereocenters. The molecule has 2 rings (SSSR count). The van der Waals surface area contributed by atoms with Crippen LogP contribution in [0.15, 0.2) is 36.5 Å². The van der Waals surface area contributed by atoms with Gasteiger partial charge in [0.05, 0.1) is 12.1 Å². The van der Waals surface area contributed by atoms with Crippen molar-refractivity contribution in [3.63, 3.8) is 0 Å². The lowest BCUT2D eigenvalue weighted by Gasteiger charge is -2.03. The lowest BCUT2D eigenvalue weighted by molar-refractivity contribution is -0.136. The standard InChI is InChI=1S/C13H12N4O4/c18-11(14-13(21)9-4-2-1-3-5-9)8-17-7-10(15-16-17)6-12(19)20/h1-5,7H,6,8H2,(H,19,20)(H,14,18,21). The van der Waals surface area contributed by atoms with Crippen molar-refractivity contribution in [2.24, 2.45) is 0 Å². The van der Waals surface area contributed by atoms with Gasteiger partial charge in [-0.15, -0.1) is 5.10 Å². The smallest absolute Gasteiger partial charge is 0.309 e. The molecule has 0 radical (unpaired) electrons. The van der Waals surface area contributed by atoms with Gasteiger partial charge in [0.2, 0.25) is 5.91 Å². The van der Waals surface area contributed by atoms with E-state index in [9.17, 15) is 14.4 Å². The Labute approximate surface area is 119 Å². The maximum Gasteiger partial charge on any atom is 0.309 e. The van der Waals surface area contributed by atoms with Crippen LogP contribution in [0.25, 0.3) is 0 Å². The lowest BCUT2D eigenvalue weighted by atomic mass is 10.2. The number of nitrogens with one attached hydrogen (secondary N) is 1. The number of hydrogen-bond donors (Lipinski definition) is 2. The Kier molecular flexibility index (Phi) is 4.39.